The Balaban J connectivity index is 1.76. The van der Waals surface area contributed by atoms with E-state index < -0.39 is 5.60 Å². The minimum Gasteiger partial charge on any atom is -0.490 e. The average Bonchev–Trinajstić information content (AvgIpc) is 2.48. The highest BCUT2D eigenvalue weighted by Gasteiger charge is 2.25. The van der Waals surface area contributed by atoms with Crippen LogP contribution in [0, 0.1) is 0 Å². The second-order valence-electron chi connectivity index (χ2n) is 7.32. The van der Waals surface area contributed by atoms with Crippen molar-refractivity contribution in [2.24, 2.45) is 0 Å². The normalized spacial score (nSPS) is 21.0. The summed E-state index contributed by atoms with van der Waals surface area (Å²) in [5.74, 6) is 0.832. The monoisotopic (exact) mass is 333 g/mol. The third kappa shape index (κ3) is 5.87. The maximum absolute atomic E-state index is 11.8. The molecule has 0 aliphatic heterocycles. The van der Waals surface area contributed by atoms with Gasteiger partial charge in [0.25, 0.3) is 0 Å². The summed E-state index contributed by atoms with van der Waals surface area (Å²) in [6.07, 6.45) is 3.30. The zero-order valence-corrected chi connectivity index (χ0v) is 14.9. The second-order valence-corrected chi connectivity index (χ2v) is 7.32. The van der Waals surface area contributed by atoms with Gasteiger partial charge in [-0.05, 0) is 77.6 Å². The number of carbonyl (C=O) groups is 2. The van der Waals surface area contributed by atoms with E-state index in [0.29, 0.717) is 5.56 Å². The quantitative estimate of drug-likeness (QED) is 0.842. The summed E-state index contributed by atoms with van der Waals surface area (Å²) >= 11 is 0. The number of hydrogen-bond donors (Lipinski definition) is 1. The molecule has 0 bridgehead atoms. The van der Waals surface area contributed by atoms with Crippen LogP contribution >= 0.6 is 0 Å². The average molecular weight is 333 g/mol. The highest BCUT2D eigenvalue weighted by Crippen LogP contribution is 2.24. The van der Waals surface area contributed by atoms with Gasteiger partial charge in [-0.25, -0.2) is 4.79 Å². The molecule has 1 aromatic carbocycles. The summed E-state index contributed by atoms with van der Waals surface area (Å²) in [6.45, 7) is 7.12. The number of benzene rings is 1. The van der Waals surface area contributed by atoms with Crippen molar-refractivity contribution in [2.75, 3.05) is 0 Å². The number of rotatable bonds is 4. The van der Waals surface area contributed by atoms with Crippen molar-refractivity contribution >= 4 is 11.9 Å². The van der Waals surface area contributed by atoms with Crippen LogP contribution in [0.3, 0.4) is 0 Å². The number of Topliss-reactive ketones (excluding diaryl/α,β-unsaturated/α-hetero) is 1. The molecule has 0 radical (unpaired) electrons. The molecule has 1 fully saturated rings. The molecule has 1 amide bonds. The van der Waals surface area contributed by atoms with Crippen molar-refractivity contribution in [3.8, 4) is 5.75 Å². The molecule has 1 aromatic rings. The summed E-state index contributed by atoms with van der Waals surface area (Å²) in [6, 6.07) is 7.38. The Morgan fingerprint density at radius 3 is 2.12 bits per heavy atom. The lowest BCUT2D eigenvalue weighted by Crippen LogP contribution is -2.42. The lowest BCUT2D eigenvalue weighted by Gasteiger charge is -2.30. The van der Waals surface area contributed by atoms with Crippen molar-refractivity contribution in [3.63, 3.8) is 0 Å². The van der Waals surface area contributed by atoms with E-state index in [2.05, 4.69) is 5.32 Å². The Kier molecular flexibility index (Phi) is 5.86. The van der Waals surface area contributed by atoms with Crippen LogP contribution in [0.2, 0.25) is 0 Å². The topological polar surface area (TPSA) is 64.6 Å². The van der Waals surface area contributed by atoms with Gasteiger partial charge in [0.1, 0.15) is 11.4 Å². The predicted molar refractivity (Wildman–Crippen MR) is 92.5 cm³/mol. The molecule has 132 valence electrons. The first-order valence-electron chi connectivity index (χ1n) is 8.50. The summed E-state index contributed by atoms with van der Waals surface area (Å²) < 4.78 is 11.3. The standard InChI is InChI=1S/C19H27NO4/c1-13(21)14-5-9-16(10-6-14)23-17-11-7-15(8-12-17)20-18(22)24-19(2,3)4/h5-6,9-10,15,17H,7-8,11-12H2,1-4H3,(H,20,22)/t15-,17+. The van der Waals surface area contributed by atoms with Gasteiger partial charge in [-0.3, -0.25) is 4.79 Å². The zero-order chi connectivity index (χ0) is 17.7. The van der Waals surface area contributed by atoms with Crippen LogP contribution in [0.25, 0.3) is 0 Å². The Hall–Kier alpha value is -2.04. The summed E-state index contributed by atoms with van der Waals surface area (Å²) in [5.41, 5.74) is 0.212. The fourth-order valence-corrected chi connectivity index (χ4v) is 2.76. The maximum atomic E-state index is 11.8. The van der Waals surface area contributed by atoms with Gasteiger partial charge in [0.05, 0.1) is 6.10 Å². The number of nitrogens with one attached hydrogen (secondary N) is 1. The molecule has 24 heavy (non-hydrogen) atoms. The predicted octanol–water partition coefficient (Wildman–Crippen LogP) is 4.10. The van der Waals surface area contributed by atoms with Gasteiger partial charge in [0, 0.05) is 11.6 Å². The van der Waals surface area contributed by atoms with Gasteiger partial charge in [-0.15, -0.1) is 0 Å². The largest absolute Gasteiger partial charge is 0.490 e. The van der Waals surface area contributed by atoms with E-state index in [1.807, 2.05) is 32.9 Å². The van der Waals surface area contributed by atoms with Gasteiger partial charge in [0.15, 0.2) is 5.78 Å². The molecule has 0 heterocycles. The van der Waals surface area contributed by atoms with Crippen molar-refractivity contribution in [3.05, 3.63) is 29.8 Å². The van der Waals surface area contributed by atoms with Crippen LogP contribution in [0.1, 0.15) is 63.7 Å². The lowest BCUT2D eigenvalue weighted by molar-refractivity contribution is 0.0470. The molecule has 0 atom stereocenters. The number of ketones is 1. The second kappa shape index (κ2) is 7.69. The van der Waals surface area contributed by atoms with E-state index in [-0.39, 0.29) is 24.0 Å². The number of hydrogen-bond acceptors (Lipinski definition) is 4. The van der Waals surface area contributed by atoms with Gasteiger partial charge in [0.2, 0.25) is 0 Å². The Morgan fingerprint density at radius 1 is 1.04 bits per heavy atom. The van der Waals surface area contributed by atoms with E-state index in [9.17, 15) is 9.59 Å². The summed E-state index contributed by atoms with van der Waals surface area (Å²) in [4.78, 5) is 23.1. The van der Waals surface area contributed by atoms with Crippen LogP contribution in [0.4, 0.5) is 4.79 Å². The molecule has 0 saturated heterocycles. The first-order valence-corrected chi connectivity index (χ1v) is 8.50. The highest BCUT2D eigenvalue weighted by atomic mass is 16.6. The van der Waals surface area contributed by atoms with E-state index in [1.165, 1.54) is 0 Å². The van der Waals surface area contributed by atoms with Gasteiger partial charge in [-0.1, -0.05) is 0 Å². The van der Waals surface area contributed by atoms with Crippen molar-refractivity contribution in [1.29, 1.82) is 0 Å². The smallest absolute Gasteiger partial charge is 0.407 e. The molecule has 0 aromatic heterocycles. The molecular weight excluding hydrogens is 306 g/mol. The van der Waals surface area contributed by atoms with E-state index in [0.717, 1.165) is 31.4 Å². The molecule has 1 aliphatic rings. The van der Waals surface area contributed by atoms with Crippen molar-refractivity contribution in [1.82, 2.24) is 5.32 Å². The summed E-state index contributed by atoms with van der Waals surface area (Å²) in [7, 11) is 0. The Labute approximate surface area is 143 Å². The minimum absolute atomic E-state index is 0.0512. The van der Waals surface area contributed by atoms with E-state index >= 15 is 0 Å². The van der Waals surface area contributed by atoms with E-state index in [4.69, 9.17) is 9.47 Å². The first kappa shape index (κ1) is 18.3. The highest BCUT2D eigenvalue weighted by molar-refractivity contribution is 5.94. The molecule has 2 rings (SSSR count). The molecule has 1 saturated carbocycles. The van der Waals surface area contributed by atoms with Gasteiger partial charge < -0.3 is 14.8 Å². The van der Waals surface area contributed by atoms with Crippen LogP contribution in [-0.4, -0.2) is 29.6 Å². The molecule has 1 N–H and O–H groups in total. The SMILES string of the molecule is CC(=O)c1ccc(O[C@H]2CC[C@@H](NC(=O)OC(C)(C)C)CC2)cc1. The molecule has 0 spiro atoms. The number of alkyl carbamates (subject to hydrolysis) is 1. The first-order chi connectivity index (χ1) is 11.2. The van der Waals surface area contributed by atoms with E-state index in [1.54, 1.807) is 19.1 Å². The fraction of sp³-hybridized carbons (Fsp3) is 0.579. The Morgan fingerprint density at radius 2 is 1.62 bits per heavy atom. The van der Waals surface area contributed by atoms with Crippen molar-refractivity contribution < 1.29 is 19.1 Å². The summed E-state index contributed by atoms with van der Waals surface area (Å²) in [5, 5.41) is 2.93. The minimum atomic E-state index is -0.476. The molecule has 0 unspecified atom stereocenters. The van der Waals surface area contributed by atoms with Crippen LogP contribution < -0.4 is 10.1 Å². The number of amides is 1. The molecule has 1 aliphatic carbocycles. The maximum Gasteiger partial charge on any atom is 0.407 e. The molecule has 5 nitrogen and oxygen atoms in total. The lowest BCUT2D eigenvalue weighted by atomic mass is 9.93. The van der Waals surface area contributed by atoms with Gasteiger partial charge in [-0.2, -0.15) is 0 Å². The zero-order valence-electron chi connectivity index (χ0n) is 14.9. The van der Waals surface area contributed by atoms with Gasteiger partial charge >= 0.3 is 6.09 Å². The fourth-order valence-electron chi connectivity index (χ4n) is 2.76. The van der Waals surface area contributed by atoms with Crippen molar-refractivity contribution in [2.45, 2.75) is 71.1 Å². The molecular formula is C19H27NO4. The third-order valence-electron chi connectivity index (χ3n) is 3.96. The number of carbonyl (C=O) groups excluding carboxylic acids is 2. The van der Waals surface area contributed by atoms with Crippen LogP contribution in [-0.2, 0) is 4.74 Å². The Bertz CT molecular complexity index is 566. The third-order valence-corrected chi connectivity index (χ3v) is 3.96. The molecule has 5 heteroatoms. The number of ether oxygens (including phenoxy) is 2. The van der Waals surface area contributed by atoms with Crippen LogP contribution in [0.15, 0.2) is 24.3 Å². The van der Waals surface area contributed by atoms with Crippen LogP contribution in [0.5, 0.6) is 5.75 Å².